The van der Waals surface area contributed by atoms with E-state index >= 15 is 0 Å². The molecule has 3 nitrogen and oxygen atoms in total. The molecule has 0 bridgehead atoms. The molecule has 1 aromatic rings. The third-order valence-electron chi connectivity index (χ3n) is 3.23. The van der Waals surface area contributed by atoms with Gasteiger partial charge >= 0.3 is 0 Å². The minimum Gasteiger partial charge on any atom is -0.492 e. The van der Waals surface area contributed by atoms with Crippen molar-refractivity contribution in [2.45, 2.75) is 25.4 Å². The summed E-state index contributed by atoms with van der Waals surface area (Å²) in [5.74, 6) is 0.797. The fraction of sp³-hybridized carbons (Fsp3) is 0.571. The summed E-state index contributed by atoms with van der Waals surface area (Å²) in [5.41, 5.74) is -0.547. The zero-order valence-corrected chi connectivity index (χ0v) is 11.5. The van der Waals surface area contributed by atoms with Crippen molar-refractivity contribution in [1.29, 1.82) is 0 Å². The molecule has 0 saturated carbocycles. The van der Waals surface area contributed by atoms with Crippen molar-refractivity contribution in [3.8, 4) is 5.75 Å². The van der Waals surface area contributed by atoms with Crippen LogP contribution in [0.4, 0.5) is 0 Å². The Morgan fingerprint density at radius 1 is 1.50 bits per heavy atom. The Kier molecular flexibility index (Phi) is 4.49. The third kappa shape index (κ3) is 4.16. The number of β-amino-alcohol motifs (C(OH)–C–C–N with tert-alkyl or cyclic N) is 1. The van der Waals surface area contributed by atoms with Gasteiger partial charge in [0, 0.05) is 18.1 Å². The largest absolute Gasteiger partial charge is 0.492 e. The molecule has 1 N–H and O–H groups in total. The molecule has 0 radical (unpaired) electrons. The number of hydrogen-bond acceptors (Lipinski definition) is 3. The second-order valence-electron chi connectivity index (χ2n) is 5.18. The molecule has 0 amide bonds. The van der Waals surface area contributed by atoms with Crippen LogP contribution in [0.25, 0.3) is 0 Å². The fourth-order valence-corrected chi connectivity index (χ4v) is 2.54. The minimum absolute atomic E-state index is 0.547. The van der Waals surface area contributed by atoms with Gasteiger partial charge in [0.1, 0.15) is 12.4 Å². The van der Waals surface area contributed by atoms with E-state index in [2.05, 4.69) is 4.90 Å². The molecule has 1 atom stereocenters. The van der Waals surface area contributed by atoms with Crippen LogP contribution in [0, 0.1) is 0 Å². The number of halogens is 1. The molecule has 4 heteroatoms. The van der Waals surface area contributed by atoms with Crippen molar-refractivity contribution in [3.63, 3.8) is 0 Å². The maximum atomic E-state index is 10.00. The lowest BCUT2D eigenvalue weighted by Crippen LogP contribution is -2.47. The van der Waals surface area contributed by atoms with Gasteiger partial charge in [-0.05, 0) is 44.5 Å². The third-order valence-corrected chi connectivity index (χ3v) is 3.46. The average Bonchev–Trinajstić information content (AvgIpc) is 2.28. The first kappa shape index (κ1) is 13.7. The van der Waals surface area contributed by atoms with Crippen molar-refractivity contribution in [1.82, 2.24) is 4.90 Å². The molecule has 1 heterocycles. The molecule has 0 spiro atoms. The van der Waals surface area contributed by atoms with Crippen LogP contribution in [0.2, 0.25) is 5.02 Å². The van der Waals surface area contributed by atoms with Crippen LogP contribution in [0.15, 0.2) is 24.3 Å². The first-order chi connectivity index (χ1) is 8.55. The monoisotopic (exact) mass is 269 g/mol. The quantitative estimate of drug-likeness (QED) is 0.912. The number of nitrogens with zero attached hydrogens (tertiary/aromatic N) is 1. The highest BCUT2D eigenvalue weighted by Gasteiger charge is 2.27. The first-order valence-electron chi connectivity index (χ1n) is 6.38. The van der Waals surface area contributed by atoms with E-state index < -0.39 is 5.60 Å². The molecule has 0 aromatic heterocycles. The van der Waals surface area contributed by atoms with Crippen LogP contribution in [-0.4, -0.2) is 41.8 Å². The zero-order chi connectivity index (χ0) is 13.0. The van der Waals surface area contributed by atoms with Crippen molar-refractivity contribution in [3.05, 3.63) is 29.3 Å². The molecule has 1 aliphatic rings. The van der Waals surface area contributed by atoms with Gasteiger partial charge in [-0.2, -0.15) is 0 Å². The van der Waals surface area contributed by atoms with Crippen molar-refractivity contribution < 1.29 is 9.84 Å². The topological polar surface area (TPSA) is 32.7 Å². The molecule has 18 heavy (non-hydrogen) atoms. The van der Waals surface area contributed by atoms with E-state index in [1.165, 1.54) is 0 Å². The van der Waals surface area contributed by atoms with Crippen molar-refractivity contribution in [2.75, 3.05) is 26.2 Å². The van der Waals surface area contributed by atoms with Gasteiger partial charge in [0.25, 0.3) is 0 Å². The van der Waals surface area contributed by atoms with Crippen LogP contribution < -0.4 is 4.74 Å². The van der Waals surface area contributed by atoms with Gasteiger partial charge in [-0.3, -0.25) is 4.90 Å². The molecular weight excluding hydrogens is 250 g/mol. The van der Waals surface area contributed by atoms with Gasteiger partial charge in [0.15, 0.2) is 0 Å². The van der Waals surface area contributed by atoms with E-state index in [-0.39, 0.29) is 0 Å². The number of benzene rings is 1. The summed E-state index contributed by atoms with van der Waals surface area (Å²) in [6.45, 7) is 5.12. The molecule has 1 saturated heterocycles. The lowest BCUT2D eigenvalue weighted by molar-refractivity contribution is -0.0183. The number of aliphatic hydroxyl groups is 1. The van der Waals surface area contributed by atoms with Crippen LogP contribution in [0.3, 0.4) is 0 Å². The van der Waals surface area contributed by atoms with Crippen LogP contribution >= 0.6 is 11.6 Å². The van der Waals surface area contributed by atoms with E-state index in [1.807, 2.05) is 31.2 Å². The summed E-state index contributed by atoms with van der Waals surface area (Å²) in [5, 5.41) is 10.7. The molecule has 1 aromatic carbocycles. The Balaban J connectivity index is 1.75. The van der Waals surface area contributed by atoms with E-state index in [0.717, 1.165) is 38.2 Å². The van der Waals surface area contributed by atoms with Crippen LogP contribution in [0.1, 0.15) is 19.8 Å². The highest BCUT2D eigenvalue weighted by atomic mass is 35.5. The van der Waals surface area contributed by atoms with Gasteiger partial charge in [0.05, 0.1) is 5.60 Å². The molecule has 1 fully saturated rings. The molecule has 1 aliphatic heterocycles. The number of rotatable bonds is 4. The SMILES string of the molecule is CC1(O)CCCN(CCOc2cccc(Cl)c2)C1. The minimum atomic E-state index is -0.547. The second kappa shape index (κ2) is 5.91. The number of ether oxygens (including phenoxy) is 1. The first-order valence-corrected chi connectivity index (χ1v) is 6.76. The predicted octanol–water partition coefficient (Wildman–Crippen LogP) is 2.57. The van der Waals surface area contributed by atoms with E-state index in [4.69, 9.17) is 16.3 Å². The molecule has 0 aliphatic carbocycles. The Bertz CT molecular complexity index is 395. The van der Waals surface area contributed by atoms with E-state index in [1.54, 1.807) is 0 Å². The van der Waals surface area contributed by atoms with Crippen molar-refractivity contribution >= 4 is 11.6 Å². The van der Waals surface area contributed by atoms with Crippen LogP contribution in [-0.2, 0) is 0 Å². The second-order valence-corrected chi connectivity index (χ2v) is 5.62. The Morgan fingerprint density at radius 2 is 2.33 bits per heavy atom. The highest BCUT2D eigenvalue weighted by Crippen LogP contribution is 2.20. The van der Waals surface area contributed by atoms with Gasteiger partial charge < -0.3 is 9.84 Å². The maximum Gasteiger partial charge on any atom is 0.120 e. The summed E-state index contributed by atoms with van der Waals surface area (Å²) in [4.78, 5) is 2.24. The number of likely N-dealkylation sites (tertiary alicyclic amines) is 1. The summed E-state index contributed by atoms with van der Waals surface area (Å²) >= 11 is 5.89. The van der Waals surface area contributed by atoms with Gasteiger partial charge in [-0.15, -0.1) is 0 Å². The predicted molar refractivity (Wildman–Crippen MR) is 73.2 cm³/mol. The standard InChI is InChI=1S/C14H20ClNO2/c1-14(17)6-3-7-16(11-14)8-9-18-13-5-2-4-12(15)10-13/h2,4-5,10,17H,3,6-9,11H2,1H3. The van der Waals surface area contributed by atoms with Gasteiger partial charge in [-0.1, -0.05) is 17.7 Å². The Hall–Kier alpha value is -0.770. The number of hydrogen-bond donors (Lipinski definition) is 1. The summed E-state index contributed by atoms with van der Waals surface area (Å²) in [7, 11) is 0. The average molecular weight is 270 g/mol. The lowest BCUT2D eigenvalue weighted by Gasteiger charge is -2.36. The Labute approximate surface area is 113 Å². The Morgan fingerprint density at radius 3 is 3.06 bits per heavy atom. The zero-order valence-electron chi connectivity index (χ0n) is 10.7. The fourth-order valence-electron chi connectivity index (χ4n) is 2.36. The maximum absolute atomic E-state index is 10.00. The van der Waals surface area contributed by atoms with E-state index in [0.29, 0.717) is 11.6 Å². The van der Waals surface area contributed by atoms with Gasteiger partial charge in [-0.25, -0.2) is 0 Å². The summed E-state index contributed by atoms with van der Waals surface area (Å²) < 4.78 is 5.65. The summed E-state index contributed by atoms with van der Waals surface area (Å²) in [6.07, 6.45) is 1.93. The highest BCUT2D eigenvalue weighted by molar-refractivity contribution is 6.30. The van der Waals surface area contributed by atoms with E-state index in [9.17, 15) is 5.11 Å². The smallest absolute Gasteiger partial charge is 0.120 e. The van der Waals surface area contributed by atoms with Crippen molar-refractivity contribution in [2.24, 2.45) is 0 Å². The number of piperidine rings is 1. The molecule has 100 valence electrons. The lowest BCUT2D eigenvalue weighted by atomic mass is 9.95. The molecule has 1 unspecified atom stereocenters. The normalized spacial score (nSPS) is 25.1. The van der Waals surface area contributed by atoms with Crippen LogP contribution in [0.5, 0.6) is 5.75 Å². The molecule has 2 rings (SSSR count). The summed E-state index contributed by atoms with van der Waals surface area (Å²) in [6, 6.07) is 7.42. The molecular formula is C14H20ClNO2. The van der Waals surface area contributed by atoms with Gasteiger partial charge in [0.2, 0.25) is 0 Å².